The molecular formula is C20H24O6. The summed E-state index contributed by atoms with van der Waals surface area (Å²) in [4.78, 5) is 30.3. The molecule has 1 aromatic carbocycles. The lowest BCUT2D eigenvalue weighted by molar-refractivity contribution is -0.136. The van der Waals surface area contributed by atoms with E-state index in [1.54, 1.807) is 0 Å². The van der Waals surface area contributed by atoms with E-state index >= 15 is 0 Å². The average molecular weight is 360 g/mol. The van der Waals surface area contributed by atoms with Crippen LogP contribution < -0.4 is 0 Å². The monoisotopic (exact) mass is 360 g/mol. The van der Waals surface area contributed by atoms with Crippen LogP contribution >= 0.6 is 0 Å². The van der Waals surface area contributed by atoms with E-state index in [-0.39, 0.29) is 17.6 Å². The Morgan fingerprint density at radius 1 is 1.12 bits per heavy atom. The minimum absolute atomic E-state index is 0.176. The highest BCUT2D eigenvalue weighted by Crippen LogP contribution is 2.00. The summed E-state index contributed by atoms with van der Waals surface area (Å²) in [5.74, 6) is -2.51. The fourth-order valence-electron chi connectivity index (χ4n) is 1.12. The van der Waals surface area contributed by atoms with E-state index in [2.05, 4.69) is 24.5 Å². The van der Waals surface area contributed by atoms with Crippen molar-refractivity contribution in [3.8, 4) is 0 Å². The molecule has 0 amide bonds. The van der Waals surface area contributed by atoms with Crippen LogP contribution in [-0.2, 0) is 19.1 Å². The first-order valence-electron chi connectivity index (χ1n) is 7.37. The Kier molecular flexibility index (Phi) is 14.5. The van der Waals surface area contributed by atoms with Gasteiger partial charge < -0.3 is 14.9 Å². The quantitative estimate of drug-likeness (QED) is 0.592. The molecule has 0 fully saturated rings. The molecule has 0 spiro atoms. The van der Waals surface area contributed by atoms with E-state index in [1.807, 2.05) is 36.4 Å². The number of hydrogen-bond donors (Lipinski definition) is 2. The number of carbonyl (C=O) groups is 3. The van der Waals surface area contributed by atoms with Crippen LogP contribution in [-0.4, -0.2) is 35.2 Å². The third-order valence-electron chi connectivity index (χ3n) is 2.50. The van der Waals surface area contributed by atoms with Gasteiger partial charge in [-0.05, 0) is 18.9 Å². The molecule has 2 N–H and O–H groups in total. The van der Waals surface area contributed by atoms with Crippen molar-refractivity contribution < 1.29 is 29.3 Å². The fraction of sp³-hybridized carbons (Fsp3) is 0.150. The summed E-state index contributed by atoms with van der Waals surface area (Å²) >= 11 is 0. The van der Waals surface area contributed by atoms with E-state index in [0.29, 0.717) is 0 Å². The molecule has 0 unspecified atom stereocenters. The molecule has 140 valence electrons. The van der Waals surface area contributed by atoms with Crippen molar-refractivity contribution in [2.45, 2.75) is 13.3 Å². The third-order valence-corrected chi connectivity index (χ3v) is 2.50. The number of aliphatic carboxylic acids is 2. The number of methoxy groups -OCH3 is 1. The topological polar surface area (TPSA) is 101 Å². The number of ether oxygens (including phenoxy) is 1. The number of carbonyl (C=O) groups excluding carboxylic acids is 1. The number of allylic oxidation sites excluding steroid dienone is 1. The Morgan fingerprint density at radius 2 is 1.62 bits per heavy atom. The molecule has 0 atom stereocenters. The Balaban J connectivity index is 0. The lowest BCUT2D eigenvalue weighted by Gasteiger charge is -1.97. The maximum atomic E-state index is 10.7. The van der Waals surface area contributed by atoms with Gasteiger partial charge in [0, 0.05) is 17.2 Å². The Bertz CT molecular complexity index is 644. The predicted molar refractivity (Wildman–Crippen MR) is 102 cm³/mol. The highest BCUT2D eigenvalue weighted by atomic mass is 16.5. The lowest BCUT2D eigenvalue weighted by atomic mass is 10.2. The van der Waals surface area contributed by atoms with Crippen molar-refractivity contribution in [2.75, 3.05) is 7.11 Å². The normalized spacial score (nSPS) is 8.85. The maximum Gasteiger partial charge on any atom is 0.333 e. The van der Waals surface area contributed by atoms with Gasteiger partial charge in [-0.15, -0.1) is 0 Å². The highest BCUT2D eigenvalue weighted by Gasteiger charge is 2.03. The minimum atomic E-state index is -1.05. The highest BCUT2D eigenvalue weighted by molar-refractivity contribution is 5.88. The van der Waals surface area contributed by atoms with E-state index in [1.165, 1.54) is 25.7 Å². The minimum Gasteiger partial charge on any atom is -0.478 e. The molecular weight excluding hydrogens is 336 g/mol. The van der Waals surface area contributed by atoms with Crippen LogP contribution in [0.4, 0.5) is 0 Å². The molecule has 0 heterocycles. The van der Waals surface area contributed by atoms with Crippen LogP contribution in [0.15, 0.2) is 73.4 Å². The second-order valence-corrected chi connectivity index (χ2v) is 4.74. The lowest BCUT2D eigenvalue weighted by Crippen LogP contribution is -2.02. The molecule has 26 heavy (non-hydrogen) atoms. The molecule has 0 bridgehead atoms. The molecule has 0 saturated heterocycles. The van der Waals surface area contributed by atoms with Gasteiger partial charge in [-0.2, -0.15) is 0 Å². The summed E-state index contributed by atoms with van der Waals surface area (Å²) in [6.45, 7) is 11.6. The van der Waals surface area contributed by atoms with Crippen LogP contribution in [0.2, 0.25) is 0 Å². The fourth-order valence-corrected chi connectivity index (χ4v) is 1.12. The van der Waals surface area contributed by atoms with Gasteiger partial charge in [0.05, 0.1) is 7.11 Å². The first kappa shape index (κ1) is 24.8. The summed E-state index contributed by atoms with van der Waals surface area (Å²) in [6, 6.07) is 10.0. The molecule has 0 aliphatic heterocycles. The SMILES string of the molecule is C=C(C)C(=O)O.C=C(CC=CC(=O)O)C(=O)OC.C=Cc1ccccc1. The van der Waals surface area contributed by atoms with Crippen LogP contribution in [0, 0.1) is 0 Å². The summed E-state index contributed by atoms with van der Waals surface area (Å²) < 4.78 is 4.35. The predicted octanol–water partition coefficient (Wildman–Crippen LogP) is 3.72. The van der Waals surface area contributed by atoms with Crippen molar-refractivity contribution in [1.82, 2.24) is 0 Å². The molecule has 0 radical (unpaired) electrons. The van der Waals surface area contributed by atoms with E-state index in [9.17, 15) is 14.4 Å². The van der Waals surface area contributed by atoms with Crippen LogP contribution in [0.5, 0.6) is 0 Å². The van der Waals surface area contributed by atoms with Crippen LogP contribution in [0.1, 0.15) is 18.9 Å². The largest absolute Gasteiger partial charge is 0.478 e. The van der Waals surface area contributed by atoms with Crippen molar-refractivity contribution >= 4 is 24.0 Å². The molecule has 6 heteroatoms. The third kappa shape index (κ3) is 15.5. The van der Waals surface area contributed by atoms with Gasteiger partial charge >= 0.3 is 17.9 Å². The first-order valence-corrected chi connectivity index (χ1v) is 7.37. The maximum absolute atomic E-state index is 10.7. The zero-order valence-electron chi connectivity index (χ0n) is 15.0. The zero-order chi connectivity index (χ0) is 20.5. The standard InChI is InChI=1S/C8H10O4.C8H8.C4H6O2/c1-6(8(11)12-2)4-3-5-7(9)10;1-2-8-6-4-3-5-7-8;1-3(2)4(5)6/h3,5H,1,4H2,2H3,(H,9,10);2-7H,1H2;1H2,2H3,(H,5,6). The summed E-state index contributed by atoms with van der Waals surface area (Å²) in [6.07, 6.45) is 4.31. The van der Waals surface area contributed by atoms with E-state index in [0.717, 1.165) is 6.08 Å². The Morgan fingerprint density at radius 3 is 1.92 bits per heavy atom. The summed E-state index contributed by atoms with van der Waals surface area (Å²) in [5.41, 5.74) is 1.58. The van der Waals surface area contributed by atoms with Crippen molar-refractivity contribution in [3.63, 3.8) is 0 Å². The Labute approximate surface area is 153 Å². The average Bonchev–Trinajstić information content (AvgIpc) is 2.62. The van der Waals surface area contributed by atoms with Crippen LogP contribution in [0.3, 0.4) is 0 Å². The van der Waals surface area contributed by atoms with Crippen molar-refractivity contribution in [1.29, 1.82) is 0 Å². The zero-order valence-corrected chi connectivity index (χ0v) is 15.0. The molecule has 1 rings (SSSR count). The molecule has 1 aromatic rings. The second-order valence-electron chi connectivity index (χ2n) is 4.74. The van der Waals surface area contributed by atoms with E-state index < -0.39 is 17.9 Å². The van der Waals surface area contributed by atoms with Gasteiger partial charge in [0.1, 0.15) is 0 Å². The summed E-state index contributed by atoms with van der Waals surface area (Å²) in [5, 5.41) is 16.1. The van der Waals surface area contributed by atoms with Gasteiger partial charge in [-0.1, -0.05) is 62.2 Å². The van der Waals surface area contributed by atoms with Crippen molar-refractivity contribution in [2.24, 2.45) is 0 Å². The molecule has 0 aromatic heterocycles. The number of rotatable bonds is 6. The molecule has 0 saturated carbocycles. The Hall–Kier alpha value is -3.41. The summed E-state index contributed by atoms with van der Waals surface area (Å²) in [7, 11) is 1.24. The second kappa shape index (κ2) is 15.1. The molecule has 0 aliphatic rings. The molecule has 6 nitrogen and oxygen atoms in total. The van der Waals surface area contributed by atoms with Gasteiger partial charge in [0.15, 0.2) is 0 Å². The number of esters is 1. The molecule has 0 aliphatic carbocycles. The van der Waals surface area contributed by atoms with Gasteiger partial charge in [0.25, 0.3) is 0 Å². The number of benzene rings is 1. The number of carboxylic acids is 2. The van der Waals surface area contributed by atoms with Gasteiger partial charge in [-0.3, -0.25) is 0 Å². The van der Waals surface area contributed by atoms with Crippen LogP contribution in [0.25, 0.3) is 6.08 Å². The number of hydrogen-bond acceptors (Lipinski definition) is 4. The van der Waals surface area contributed by atoms with Gasteiger partial charge in [-0.25, -0.2) is 14.4 Å². The van der Waals surface area contributed by atoms with E-state index in [4.69, 9.17) is 10.2 Å². The number of carboxylic acid groups (broad SMARTS) is 2. The smallest absolute Gasteiger partial charge is 0.333 e. The van der Waals surface area contributed by atoms with Gasteiger partial charge in [0.2, 0.25) is 0 Å². The van der Waals surface area contributed by atoms with Crippen molar-refractivity contribution in [3.05, 3.63) is 78.9 Å². The first-order chi connectivity index (χ1) is 12.1.